The normalized spacial score (nSPS) is 17.1. The predicted molar refractivity (Wildman–Crippen MR) is 80.4 cm³/mol. The highest BCUT2D eigenvalue weighted by Gasteiger charge is 2.38. The van der Waals surface area contributed by atoms with E-state index in [-0.39, 0.29) is 5.91 Å². The summed E-state index contributed by atoms with van der Waals surface area (Å²) in [6, 6.07) is 9.98. The zero-order valence-electron chi connectivity index (χ0n) is 10.2. The van der Waals surface area contributed by atoms with Gasteiger partial charge in [0.25, 0.3) is 5.91 Å². The third-order valence-electron chi connectivity index (χ3n) is 3.26. The number of nitrogens with zero attached hydrogens (tertiary/aromatic N) is 1. The summed E-state index contributed by atoms with van der Waals surface area (Å²) in [5.41, 5.74) is 1.58. The van der Waals surface area contributed by atoms with Crippen molar-refractivity contribution >= 4 is 44.8 Å². The summed E-state index contributed by atoms with van der Waals surface area (Å²) in [5, 5.41) is 9.36. The van der Waals surface area contributed by atoms with Gasteiger partial charge in [0.2, 0.25) is 0 Å². The fraction of sp³-hybridized carbons (Fsp3) is 0.143. The van der Waals surface area contributed by atoms with Crippen LogP contribution in [0.2, 0.25) is 0 Å². The van der Waals surface area contributed by atoms with Crippen LogP contribution in [0.3, 0.4) is 0 Å². The minimum Gasteiger partial charge on any atom is -0.480 e. The molecule has 1 atom stereocenters. The number of amides is 1. The molecule has 6 heteroatoms. The Kier molecular flexibility index (Phi) is 3.35. The molecule has 0 bridgehead atoms. The van der Waals surface area contributed by atoms with Gasteiger partial charge in [-0.1, -0.05) is 18.2 Å². The third-order valence-corrected chi connectivity index (χ3v) is 4.88. The summed E-state index contributed by atoms with van der Waals surface area (Å²) < 4.78 is 0.847. The SMILES string of the molecule is O=C(O)C1Cc2ccccc2N1C(=O)c1ccc(Br)s1. The van der Waals surface area contributed by atoms with Crippen molar-refractivity contribution in [3.63, 3.8) is 0 Å². The number of aliphatic carboxylic acids is 1. The number of hydrogen-bond donors (Lipinski definition) is 1. The van der Waals surface area contributed by atoms with Gasteiger partial charge in [0, 0.05) is 12.1 Å². The molecule has 0 saturated carbocycles. The lowest BCUT2D eigenvalue weighted by atomic mass is 10.1. The number of carboxylic acid groups (broad SMARTS) is 1. The number of para-hydroxylation sites is 1. The van der Waals surface area contributed by atoms with Gasteiger partial charge in [0.15, 0.2) is 0 Å². The van der Waals surface area contributed by atoms with Crippen LogP contribution in [0.5, 0.6) is 0 Å². The fourth-order valence-corrected chi connectivity index (χ4v) is 3.71. The quantitative estimate of drug-likeness (QED) is 0.903. The highest BCUT2D eigenvalue weighted by molar-refractivity contribution is 9.11. The second kappa shape index (κ2) is 5.03. The lowest BCUT2D eigenvalue weighted by Crippen LogP contribution is -2.42. The molecule has 1 N–H and O–H groups in total. The predicted octanol–water partition coefficient (Wildman–Crippen LogP) is 3.17. The Hall–Kier alpha value is -1.66. The average Bonchev–Trinajstić information content (AvgIpc) is 3.01. The Morgan fingerprint density at radius 2 is 2.00 bits per heavy atom. The van der Waals surface area contributed by atoms with Crippen molar-refractivity contribution in [2.45, 2.75) is 12.5 Å². The number of halogens is 1. The number of fused-ring (bicyclic) bond motifs is 1. The summed E-state index contributed by atoms with van der Waals surface area (Å²) in [7, 11) is 0. The van der Waals surface area contributed by atoms with Crippen molar-refractivity contribution in [1.29, 1.82) is 0 Å². The molecular weight excluding hydrogens is 342 g/mol. The summed E-state index contributed by atoms with van der Waals surface area (Å²) in [6.45, 7) is 0. The van der Waals surface area contributed by atoms with Crippen molar-refractivity contribution in [3.05, 3.63) is 50.6 Å². The van der Waals surface area contributed by atoms with Crippen LogP contribution >= 0.6 is 27.3 Å². The van der Waals surface area contributed by atoms with Crippen LogP contribution in [0.4, 0.5) is 5.69 Å². The lowest BCUT2D eigenvalue weighted by molar-refractivity contribution is -0.138. The summed E-state index contributed by atoms with van der Waals surface area (Å²) in [4.78, 5) is 25.9. The molecule has 1 aromatic carbocycles. The van der Waals surface area contributed by atoms with Crippen LogP contribution in [0.25, 0.3) is 0 Å². The number of rotatable bonds is 2. The Morgan fingerprint density at radius 3 is 2.65 bits per heavy atom. The van der Waals surface area contributed by atoms with Crippen molar-refractivity contribution in [3.8, 4) is 0 Å². The summed E-state index contributed by atoms with van der Waals surface area (Å²) in [6.07, 6.45) is 0.351. The van der Waals surface area contributed by atoms with E-state index in [0.717, 1.165) is 9.35 Å². The van der Waals surface area contributed by atoms with E-state index in [1.165, 1.54) is 16.2 Å². The fourth-order valence-electron chi connectivity index (χ4n) is 2.38. The zero-order chi connectivity index (χ0) is 14.3. The molecule has 4 nitrogen and oxygen atoms in total. The van der Waals surface area contributed by atoms with E-state index < -0.39 is 12.0 Å². The standard InChI is InChI=1S/C14H10BrNO3S/c15-12-6-5-11(20-12)13(17)16-9-4-2-1-3-8(9)7-10(16)14(18)19/h1-6,10H,7H2,(H,18,19). The third kappa shape index (κ3) is 2.14. The molecule has 1 unspecified atom stereocenters. The number of thiophene rings is 1. The maximum Gasteiger partial charge on any atom is 0.327 e. The average molecular weight is 352 g/mol. The van der Waals surface area contributed by atoms with Gasteiger partial charge in [0.1, 0.15) is 6.04 Å². The molecule has 20 heavy (non-hydrogen) atoms. The van der Waals surface area contributed by atoms with Crippen molar-refractivity contribution < 1.29 is 14.7 Å². The van der Waals surface area contributed by atoms with Gasteiger partial charge < -0.3 is 5.11 Å². The van der Waals surface area contributed by atoms with Crippen LogP contribution in [0.1, 0.15) is 15.2 Å². The maximum atomic E-state index is 12.6. The second-order valence-electron chi connectivity index (χ2n) is 4.47. The smallest absolute Gasteiger partial charge is 0.327 e. The van der Waals surface area contributed by atoms with Gasteiger partial charge in [-0.15, -0.1) is 11.3 Å². The topological polar surface area (TPSA) is 57.6 Å². The molecule has 0 saturated heterocycles. The summed E-state index contributed by atoms with van der Waals surface area (Å²) in [5.74, 6) is -1.25. The van der Waals surface area contributed by atoms with Gasteiger partial charge in [-0.25, -0.2) is 4.79 Å². The molecule has 0 fully saturated rings. The minimum absolute atomic E-state index is 0.266. The lowest BCUT2D eigenvalue weighted by Gasteiger charge is -2.21. The molecule has 2 aromatic rings. The first-order valence-corrected chi connectivity index (χ1v) is 7.58. The first kappa shape index (κ1) is 13.3. The van der Waals surface area contributed by atoms with Crippen LogP contribution < -0.4 is 4.90 Å². The molecule has 2 heterocycles. The largest absolute Gasteiger partial charge is 0.480 e. The number of carbonyl (C=O) groups is 2. The van der Waals surface area contributed by atoms with Crippen molar-refractivity contribution in [2.75, 3.05) is 4.90 Å². The molecular formula is C14H10BrNO3S. The highest BCUT2D eigenvalue weighted by Crippen LogP contribution is 2.35. The maximum absolute atomic E-state index is 12.6. The molecule has 1 aromatic heterocycles. The summed E-state index contributed by atoms with van der Waals surface area (Å²) >= 11 is 4.62. The Bertz CT molecular complexity index is 697. The van der Waals surface area contributed by atoms with Crippen LogP contribution in [-0.2, 0) is 11.2 Å². The van der Waals surface area contributed by atoms with Gasteiger partial charge >= 0.3 is 5.97 Å². The molecule has 0 spiro atoms. The molecule has 102 valence electrons. The van der Waals surface area contributed by atoms with E-state index in [4.69, 9.17) is 0 Å². The van der Waals surface area contributed by atoms with E-state index in [0.29, 0.717) is 17.0 Å². The van der Waals surface area contributed by atoms with Gasteiger partial charge in [-0.05, 0) is 39.7 Å². The number of benzene rings is 1. The van der Waals surface area contributed by atoms with E-state index >= 15 is 0 Å². The Labute approximate surface area is 127 Å². The van der Waals surface area contributed by atoms with E-state index in [9.17, 15) is 14.7 Å². The van der Waals surface area contributed by atoms with Crippen LogP contribution in [0, 0.1) is 0 Å². The van der Waals surface area contributed by atoms with E-state index in [2.05, 4.69) is 15.9 Å². The zero-order valence-corrected chi connectivity index (χ0v) is 12.6. The van der Waals surface area contributed by atoms with Crippen molar-refractivity contribution in [2.24, 2.45) is 0 Å². The van der Waals surface area contributed by atoms with Gasteiger partial charge in [-0.3, -0.25) is 9.69 Å². The van der Waals surface area contributed by atoms with Gasteiger partial charge in [-0.2, -0.15) is 0 Å². The molecule has 1 amide bonds. The van der Waals surface area contributed by atoms with Crippen LogP contribution in [-0.4, -0.2) is 23.0 Å². The number of anilines is 1. The second-order valence-corrected chi connectivity index (χ2v) is 6.93. The van der Waals surface area contributed by atoms with Gasteiger partial charge in [0.05, 0.1) is 8.66 Å². The molecule has 3 rings (SSSR count). The molecule has 0 aliphatic carbocycles. The Balaban J connectivity index is 2.04. The molecule has 1 aliphatic heterocycles. The first-order chi connectivity index (χ1) is 9.58. The number of hydrogen-bond acceptors (Lipinski definition) is 3. The first-order valence-electron chi connectivity index (χ1n) is 5.97. The molecule has 0 radical (unpaired) electrons. The van der Waals surface area contributed by atoms with E-state index in [1.54, 1.807) is 18.2 Å². The number of carboxylic acids is 1. The van der Waals surface area contributed by atoms with E-state index in [1.807, 2.05) is 18.2 Å². The molecule has 1 aliphatic rings. The number of carbonyl (C=O) groups excluding carboxylic acids is 1. The van der Waals surface area contributed by atoms with Crippen molar-refractivity contribution in [1.82, 2.24) is 0 Å². The highest BCUT2D eigenvalue weighted by atomic mass is 79.9. The Morgan fingerprint density at radius 1 is 1.25 bits per heavy atom. The monoisotopic (exact) mass is 351 g/mol. The van der Waals surface area contributed by atoms with Crippen LogP contribution in [0.15, 0.2) is 40.2 Å². The minimum atomic E-state index is -0.981.